The summed E-state index contributed by atoms with van der Waals surface area (Å²) in [4.78, 5) is 5.48. The first kappa shape index (κ1) is 22.4. The molecule has 26 heavy (non-hydrogen) atoms. The van der Waals surface area contributed by atoms with Gasteiger partial charge >= 0.3 is 0 Å². The molecule has 0 aromatic heterocycles. The average Bonchev–Trinajstić information content (AvgIpc) is 2.65. The van der Waals surface area contributed by atoms with Gasteiger partial charge in [-0.15, -0.1) is 35.7 Å². The van der Waals surface area contributed by atoms with Gasteiger partial charge in [-0.3, -0.25) is 4.99 Å². The lowest BCUT2D eigenvalue weighted by Crippen LogP contribution is -2.39. The van der Waals surface area contributed by atoms with Crippen LogP contribution in [0.4, 0.5) is 0 Å². The summed E-state index contributed by atoms with van der Waals surface area (Å²) in [6.07, 6.45) is 0.704. The number of aromatic hydroxyl groups is 1. The van der Waals surface area contributed by atoms with Crippen molar-refractivity contribution >= 4 is 41.7 Å². The van der Waals surface area contributed by atoms with Gasteiger partial charge < -0.3 is 20.5 Å². The highest BCUT2D eigenvalue weighted by molar-refractivity contribution is 14.0. The Morgan fingerprint density at radius 2 is 1.85 bits per heavy atom. The Morgan fingerprint density at radius 3 is 2.50 bits per heavy atom. The van der Waals surface area contributed by atoms with Gasteiger partial charge in [0.05, 0.1) is 7.11 Å². The number of benzene rings is 2. The van der Waals surface area contributed by atoms with E-state index < -0.39 is 0 Å². The molecule has 7 heteroatoms. The number of thioether (sulfide) groups is 1. The maximum Gasteiger partial charge on any atom is 0.191 e. The third kappa shape index (κ3) is 7.74. The van der Waals surface area contributed by atoms with E-state index in [1.807, 2.05) is 42.1 Å². The summed E-state index contributed by atoms with van der Waals surface area (Å²) >= 11 is 1.81. The Morgan fingerprint density at radius 1 is 1.12 bits per heavy atom. The number of nitrogens with zero attached hydrogens (tertiary/aromatic N) is 1. The fourth-order valence-corrected chi connectivity index (χ4v) is 3.06. The van der Waals surface area contributed by atoms with Crippen LogP contribution in [0.15, 0.2) is 58.4 Å². The summed E-state index contributed by atoms with van der Waals surface area (Å²) in [5.41, 5.74) is 0.878. The second kappa shape index (κ2) is 12.7. The van der Waals surface area contributed by atoms with E-state index in [1.165, 1.54) is 4.90 Å². The molecule has 0 heterocycles. The van der Waals surface area contributed by atoms with Crippen LogP contribution in [0.25, 0.3) is 0 Å². The number of guanidine groups is 1. The van der Waals surface area contributed by atoms with Crippen molar-refractivity contribution in [2.24, 2.45) is 4.99 Å². The first-order chi connectivity index (χ1) is 12.2. The Labute approximate surface area is 176 Å². The van der Waals surface area contributed by atoms with Gasteiger partial charge in [0.15, 0.2) is 5.96 Å². The summed E-state index contributed by atoms with van der Waals surface area (Å²) < 4.78 is 5.09. The quantitative estimate of drug-likeness (QED) is 0.175. The van der Waals surface area contributed by atoms with E-state index in [9.17, 15) is 5.11 Å². The number of nitrogens with one attached hydrogen (secondary N) is 2. The van der Waals surface area contributed by atoms with Gasteiger partial charge in [-0.25, -0.2) is 0 Å². The zero-order valence-electron chi connectivity index (χ0n) is 15.1. The van der Waals surface area contributed by atoms with Crippen LogP contribution >= 0.6 is 35.7 Å². The molecule has 0 aliphatic rings. The number of ether oxygens (including phenoxy) is 1. The largest absolute Gasteiger partial charge is 0.508 e. The fourth-order valence-electron chi connectivity index (χ4n) is 2.27. The third-order valence-electron chi connectivity index (χ3n) is 3.61. The fraction of sp³-hybridized carbons (Fsp3) is 0.316. The zero-order chi connectivity index (χ0) is 17.9. The van der Waals surface area contributed by atoms with Gasteiger partial charge in [-0.1, -0.05) is 24.3 Å². The van der Waals surface area contributed by atoms with E-state index >= 15 is 0 Å². The first-order valence-corrected chi connectivity index (χ1v) is 9.19. The van der Waals surface area contributed by atoms with Crippen LogP contribution in [0.2, 0.25) is 0 Å². The third-order valence-corrected chi connectivity index (χ3v) is 4.62. The molecule has 2 aromatic rings. The van der Waals surface area contributed by atoms with Crippen molar-refractivity contribution in [1.82, 2.24) is 10.6 Å². The Hall–Kier alpha value is -1.61. The normalized spacial score (nSPS) is 10.8. The lowest BCUT2D eigenvalue weighted by atomic mass is 10.1. The molecule has 0 aliphatic carbocycles. The number of hydrogen-bond donors (Lipinski definition) is 3. The van der Waals surface area contributed by atoms with Crippen molar-refractivity contribution in [2.75, 3.05) is 33.0 Å². The molecule has 142 valence electrons. The second-order valence-corrected chi connectivity index (χ2v) is 6.50. The maximum absolute atomic E-state index is 9.97. The molecule has 0 bridgehead atoms. The van der Waals surface area contributed by atoms with E-state index in [0.717, 1.165) is 23.8 Å². The Kier molecular flexibility index (Phi) is 11.0. The highest BCUT2D eigenvalue weighted by Crippen LogP contribution is 2.23. The summed E-state index contributed by atoms with van der Waals surface area (Å²) in [6.45, 7) is 1.51. The number of hydrogen-bond acceptors (Lipinski definition) is 4. The molecule has 2 rings (SSSR count). The van der Waals surface area contributed by atoms with Crippen LogP contribution in [-0.4, -0.2) is 44.1 Å². The highest BCUT2D eigenvalue weighted by Gasteiger charge is 2.04. The minimum atomic E-state index is 0. The zero-order valence-corrected chi connectivity index (χ0v) is 18.2. The Balaban J connectivity index is 0.00000338. The smallest absolute Gasteiger partial charge is 0.191 e. The predicted molar refractivity (Wildman–Crippen MR) is 120 cm³/mol. The molecule has 0 saturated carbocycles. The van der Waals surface area contributed by atoms with Crippen LogP contribution in [0.1, 0.15) is 5.56 Å². The molecule has 2 aromatic carbocycles. The number of phenols is 1. The lowest BCUT2D eigenvalue weighted by molar-refractivity contribution is 0.406. The molecule has 0 spiro atoms. The van der Waals surface area contributed by atoms with E-state index in [0.29, 0.717) is 18.7 Å². The lowest BCUT2D eigenvalue weighted by Gasteiger charge is -2.12. The van der Waals surface area contributed by atoms with Crippen LogP contribution in [-0.2, 0) is 6.42 Å². The van der Waals surface area contributed by atoms with Crippen LogP contribution < -0.4 is 15.4 Å². The minimum Gasteiger partial charge on any atom is -0.508 e. The van der Waals surface area contributed by atoms with Crippen molar-refractivity contribution in [3.8, 4) is 11.5 Å². The molecule has 0 aliphatic heterocycles. The van der Waals surface area contributed by atoms with Crippen molar-refractivity contribution in [3.63, 3.8) is 0 Å². The van der Waals surface area contributed by atoms with Crippen molar-refractivity contribution in [2.45, 2.75) is 11.3 Å². The summed E-state index contributed by atoms with van der Waals surface area (Å²) in [7, 11) is 3.34. The SMILES string of the molecule is CN=C(NCCSc1ccccc1)NCCc1ccc(OC)cc1O.I. The van der Waals surface area contributed by atoms with Gasteiger partial charge in [-0.2, -0.15) is 0 Å². The van der Waals surface area contributed by atoms with Gasteiger partial charge in [-0.05, 0) is 30.2 Å². The van der Waals surface area contributed by atoms with Gasteiger partial charge in [0, 0.05) is 36.9 Å². The van der Waals surface area contributed by atoms with Crippen LogP contribution in [0.5, 0.6) is 11.5 Å². The number of aliphatic imine (C=N–C) groups is 1. The molecular weight excluding hydrogens is 461 g/mol. The average molecular weight is 487 g/mol. The number of rotatable bonds is 8. The molecule has 0 atom stereocenters. The summed E-state index contributed by atoms with van der Waals surface area (Å²) in [6, 6.07) is 15.7. The maximum atomic E-state index is 9.97. The van der Waals surface area contributed by atoms with E-state index in [4.69, 9.17) is 4.74 Å². The topological polar surface area (TPSA) is 65.9 Å². The van der Waals surface area contributed by atoms with Gasteiger partial charge in [0.2, 0.25) is 0 Å². The molecule has 0 unspecified atom stereocenters. The first-order valence-electron chi connectivity index (χ1n) is 8.21. The van der Waals surface area contributed by atoms with E-state index in [2.05, 4.69) is 27.8 Å². The van der Waals surface area contributed by atoms with Crippen molar-refractivity contribution in [3.05, 3.63) is 54.1 Å². The van der Waals surface area contributed by atoms with Gasteiger partial charge in [0.25, 0.3) is 0 Å². The summed E-state index contributed by atoms with van der Waals surface area (Å²) in [5, 5.41) is 16.5. The van der Waals surface area contributed by atoms with Crippen molar-refractivity contribution < 1.29 is 9.84 Å². The number of halogens is 1. The van der Waals surface area contributed by atoms with E-state index in [-0.39, 0.29) is 29.7 Å². The molecule has 3 N–H and O–H groups in total. The minimum absolute atomic E-state index is 0. The monoisotopic (exact) mass is 487 g/mol. The van der Waals surface area contributed by atoms with Crippen LogP contribution in [0, 0.1) is 0 Å². The molecule has 0 amide bonds. The predicted octanol–water partition coefficient (Wildman–Crippen LogP) is 3.52. The molecule has 0 fully saturated rings. The Bertz CT molecular complexity index is 684. The molecule has 0 saturated heterocycles. The van der Waals surface area contributed by atoms with Crippen LogP contribution in [0.3, 0.4) is 0 Å². The molecule has 5 nitrogen and oxygen atoms in total. The molecular formula is C19H26IN3O2S. The van der Waals surface area contributed by atoms with Crippen molar-refractivity contribution in [1.29, 1.82) is 0 Å². The summed E-state index contributed by atoms with van der Waals surface area (Å²) in [5.74, 6) is 2.64. The van der Waals surface area contributed by atoms with Gasteiger partial charge in [0.1, 0.15) is 11.5 Å². The standard InChI is InChI=1S/C19H25N3O2S.HI/c1-20-19(22-12-13-25-17-6-4-3-5-7-17)21-11-10-15-8-9-16(24-2)14-18(15)23;/h3-9,14,23H,10-13H2,1-2H3,(H2,20,21,22);1H. The van der Waals surface area contributed by atoms with E-state index in [1.54, 1.807) is 20.2 Å². The number of methoxy groups -OCH3 is 1. The highest BCUT2D eigenvalue weighted by atomic mass is 127. The molecule has 0 radical (unpaired) electrons. The number of phenolic OH excluding ortho intramolecular Hbond substituents is 1. The second-order valence-electron chi connectivity index (χ2n) is 5.33.